The van der Waals surface area contributed by atoms with Gasteiger partial charge in [-0.2, -0.15) is 0 Å². The average molecular weight is 384 g/mol. The first-order chi connectivity index (χ1) is 14.1. The van der Waals surface area contributed by atoms with Gasteiger partial charge in [0.2, 0.25) is 5.91 Å². The molecule has 1 N–H and O–H groups in total. The summed E-state index contributed by atoms with van der Waals surface area (Å²) in [6.07, 6.45) is 2.89. The molecule has 4 rings (SSSR count). The standard InChI is InChI=1S/C23H16N2O4/c26-23(24-20-10-5-7-16-6-1-2-8-18(16)20)15-13-17-12-14-22(29-17)19-9-3-4-11-21(19)25(27)28/h1-15H,(H,24,26)/b15-13+. The van der Waals surface area contributed by atoms with E-state index in [1.807, 2.05) is 42.5 Å². The summed E-state index contributed by atoms with van der Waals surface area (Å²) in [6, 6.07) is 23.1. The summed E-state index contributed by atoms with van der Waals surface area (Å²) in [5, 5.41) is 16.0. The largest absolute Gasteiger partial charge is 0.456 e. The molecule has 6 heteroatoms. The zero-order valence-electron chi connectivity index (χ0n) is 15.2. The number of hydrogen-bond acceptors (Lipinski definition) is 4. The summed E-state index contributed by atoms with van der Waals surface area (Å²) >= 11 is 0. The third-order valence-electron chi connectivity index (χ3n) is 4.44. The van der Waals surface area contributed by atoms with Crippen molar-refractivity contribution < 1.29 is 14.1 Å². The summed E-state index contributed by atoms with van der Waals surface area (Å²) in [4.78, 5) is 23.0. The van der Waals surface area contributed by atoms with Gasteiger partial charge in [-0.25, -0.2) is 0 Å². The van der Waals surface area contributed by atoms with Crippen LogP contribution in [0.4, 0.5) is 11.4 Å². The molecule has 4 aromatic rings. The van der Waals surface area contributed by atoms with E-state index < -0.39 is 4.92 Å². The maximum Gasteiger partial charge on any atom is 0.280 e. The molecule has 0 unspecified atom stereocenters. The van der Waals surface area contributed by atoms with E-state index in [1.54, 1.807) is 30.3 Å². The number of fused-ring (bicyclic) bond motifs is 1. The molecule has 6 nitrogen and oxygen atoms in total. The number of hydrogen-bond donors (Lipinski definition) is 1. The van der Waals surface area contributed by atoms with Crippen molar-refractivity contribution in [2.24, 2.45) is 0 Å². The predicted octanol–water partition coefficient (Wildman–Crippen LogP) is 5.66. The van der Waals surface area contributed by atoms with Gasteiger partial charge in [0.25, 0.3) is 5.69 Å². The molecular weight excluding hydrogens is 368 g/mol. The second kappa shape index (κ2) is 7.82. The van der Waals surface area contributed by atoms with Gasteiger partial charge in [0.05, 0.1) is 10.5 Å². The van der Waals surface area contributed by atoms with E-state index in [9.17, 15) is 14.9 Å². The Morgan fingerprint density at radius 3 is 2.55 bits per heavy atom. The van der Waals surface area contributed by atoms with Crippen LogP contribution < -0.4 is 5.32 Å². The highest BCUT2D eigenvalue weighted by atomic mass is 16.6. The number of nitrogens with one attached hydrogen (secondary N) is 1. The lowest BCUT2D eigenvalue weighted by molar-refractivity contribution is -0.384. The number of rotatable bonds is 5. The molecule has 1 heterocycles. The number of nitrogens with zero attached hydrogens (tertiary/aromatic N) is 1. The van der Waals surface area contributed by atoms with Gasteiger partial charge in [0, 0.05) is 23.2 Å². The van der Waals surface area contributed by atoms with Gasteiger partial charge in [-0.15, -0.1) is 0 Å². The van der Waals surface area contributed by atoms with E-state index >= 15 is 0 Å². The molecule has 29 heavy (non-hydrogen) atoms. The Hall–Kier alpha value is -4.19. The number of amides is 1. The Morgan fingerprint density at radius 1 is 0.931 bits per heavy atom. The summed E-state index contributed by atoms with van der Waals surface area (Å²) in [5.74, 6) is 0.489. The minimum atomic E-state index is -0.453. The summed E-state index contributed by atoms with van der Waals surface area (Å²) in [7, 11) is 0. The Bertz CT molecular complexity index is 1240. The summed E-state index contributed by atoms with van der Waals surface area (Å²) in [6.45, 7) is 0. The van der Waals surface area contributed by atoms with Gasteiger partial charge in [-0.3, -0.25) is 14.9 Å². The molecule has 3 aromatic carbocycles. The lowest BCUT2D eigenvalue weighted by Crippen LogP contribution is -2.07. The van der Waals surface area contributed by atoms with Crippen LogP contribution in [-0.2, 0) is 4.79 Å². The highest BCUT2D eigenvalue weighted by Crippen LogP contribution is 2.31. The topological polar surface area (TPSA) is 85.4 Å². The Morgan fingerprint density at radius 2 is 1.69 bits per heavy atom. The molecule has 0 bridgehead atoms. The van der Waals surface area contributed by atoms with Crippen molar-refractivity contribution in [1.82, 2.24) is 0 Å². The highest BCUT2D eigenvalue weighted by molar-refractivity contribution is 6.07. The van der Waals surface area contributed by atoms with Crippen molar-refractivity contribution in [3.05, 3.63) is 101 Å². The van der Waals surface area contributed by atoms with Crippen LogP contribution in [0, 0.1) is 10.1 Å². The predicted molar refractivity (Wildman–Crippen MR) is 112 cm³/mol. The number of nitro groups is 1. The van der Waals surface area contributed by atoms with Crippen LogP contribution in [-0.4, -0.2) is 10.8 Å². The van der Waals surface area contributed by atoms with E-state index in [1.165, 1.54) is 18.2 Å². The smallest absolute Gasteiger partial charge is 0.280 e. The molecule has 0 atom stereocenters. The van der Waals surface area contributed by atoms with Crippen molar-refractivity contribution in [3.63, 3.8) is 0 Å². The molecule has 0 radical (unpaired) electrons. The SMILES string of the molecule is O=C(/C=C/c1ccc(-c2ccccc2[N+](=O)[O-])o1)Nc1cccc2ccccc12. The molecule has 1 aromatic heterocycles. The number of carbonyl (C=O) groups is 1. The molecule has 0 fully saturated rings. The Balaban J connectivity index is 1.52. The molecular formula is C23H16N2O4. The van der Waals surface area contributed by atoms with Crippen molar-refractivity contribution >= 4 is 34.1 Å². The van der Waals surface area contributed by atoms with E-state index in [4.69, 9.17) is 4.42 Å². The van der Waals surface area contributed by atoms with Gasteiger partial charge < -0.3 is 9.73 Å². The maximum absolute atomic E-state index is 12.3. The lowest BCUT2D eigenvalue weighted by atomic mass is 10.1. The van der Waals surface area contributed by atoms with Crippen molar-refractivity contribution in [3.8, 4) is 11.3 Å². The maximum atomic E-state index is 12.3. The number of nitro benzene ring substituents is 1. The van der Waals surface area contributed by atoms with Crippen LogP contribution in [0.5, 0.6) is 0 Å². The quantitative estimate of drug-likeness (QED) is 0.273. The van der Waals surface area contributed by atoms with E-state index in [-0.39, 0.29) is 11.6 Å². The molecule has 1 amide bonds. The molecule has 0 saturated heterocycles. The molecule has 0 aliphatic carbocycles. The van der Waals surface area contributed by atoms with E-state index in [0.29, 0.717) is 17.1 Å². The molecule has 0 aliphatic rings. The monoisotopic (exact) mass is 384 g/mol. The lowest BCUT2D eigenvalue weighted by Gasteiger charge is -2.06. The second-order valence-electron chi connectivity index (χ2n) is 6.33. The number of anilines is 1. The Kier molecular flexibility index (Phi) is 4.90. The summed E-state index contributed by atoms with van der Waals surface area (Å²) in [5.41, 5.74) is 1.07. The number of para-hydroxylation sites is 1. The van der Waals surface area contributed by atoms with Crippen molar-refractivity contribution in [2.75, 3.05) is 5.32 Å². The zero-order valence-corrected chi connectivity index (χ0v) is 15.2. The number of benzene rings is 3. The first-order valence-electron chi connectivity index (χ1n) is 8.92. The fourth-order valence-electron chi connectivity index (χ4n) is 3.09. The fraction of sp³-hybridized carbons (Fsp3) is 0. The first kappa shape index (κ1) is 18.2. The van der Waals surface area contributed by atoms with Crippen LogP contribution in [0.15, 0.2) is 89.4 Å². The fourth-order valence-corrected chi connectivity index (χ4v) is 3.09. The minimum absolute atomic E-state index is 0.0360. The van der Waals surface area contributed by atoms with Crippen LogP contribution in [0.3, 0.4) is 0 Å². The van der Waals surface area contributed by atoms with Gasteiger partial charge in [-0.1, -0.05) is 48.5 Å². The van der Waals surface area contributed by atoms with Gasteiger partial charge in [-0.05, 0) is 35.7 Å². The van der Waals surface area contributed by atoms with Gasteiger partial charge in [0.15, 0.2) is 0 Å². The molecule has 0 spiro atoms. The third-order valence-corrected chi connectivity index (χ3v) is 4.44. The van der Waals surface area contributed by atoms with E-state index in [0.717, 1.165) is 16.5 Å². The Labute approximate surface area is 166 Å². The van der Waals surface area contributed by atoms with Crippen LogP contribution in [0.1, 0.15) is 5.76 Å². The highest BCUT2D eigenvalue weighted by Gasteiger charge is 2.16. The van der Waals surface area contributed by atoms with Crippen LogP contribution >= 0.6 is 0 Å². The minimum Gasteiger partial charge on any atom is -0.456 e. The third kappa shape index (κ3) is 3.91. The zero-order chi connectivity index (χ0) is 20.2. The molecule has 142 valence electrons. The second-order valence-corrected chi connectivity index (χ2v) is 6.33. The number of carbonyl (C=O) groups excluding carboxylic acids is 1. The first-order valence-corrected chi connectivity index (χ1v) is 8.92. The summed E-state index contributed by atoms with van der Waals surface area (Å²) < 4.78 is 5.66. The van der Waals surface area contributed by atoms with Crippen molar-refractivity contribution in [2.45, 2.75) is 0 Å². The van der Waals surface area contributed by atoms with Crippen LogP contribution in [0.25, 0.3) is 28.2 Å². The van der Waals surface area contributed by atoms with Gasteiger partial charge in [0.1, 0.15) is 11.5 Å². The number of furan rings is 1. The average Bonchev–Trinajstić information content (AvgIpc) is 3.21. The normalized spacial score (nSPS) is 11.0. The van der Waals surface area contributed by atoms with Crippen molar-refractivity contribution in [1.29, 1.82) is 0 Å². The molecule has 0 saturated carbocycles. The van der Waals surface area contributed by atoms with E-state index in [2.05, 4.69) is 5.32 Å². The van der Waals surface area contributed by atoms with Gasteiger partial charge >= 0.3 is 0 Å². The molecule has 0 aliphatic heterocycles. The van der Waals surface area contributed by atoms with Crippen LogP contribution in [0.2, 0.25) is 0 Å².